The van der Waals surface area contributed by atoms with E-state index in [2.05, 4.69) is 50.5 Å². The molecule has 0 saturated heterocycles. The average Bonchev–Trinajstić information content (AvgIpc) is 2.50. The van der Waals surface area contributed by atoms with Crippen molar-refractivity contribution in [1.29, 1.82) is 0 Å². The van der Waals surface area contributed by atoms with Gasteiger partial charge in [0.15, 0.2) is 0 Å². The second kappa shape index (κ2) is 6.56. The van der Waals surface area contributed by atoms with Crippen molar-refractivity contribution in [3.63, 3.8) is 0 Å². The third kappa shape index (κ3) is 3.43. The average molecular weight is 362 g/mol. The number of para-hydroxylation sites is 1. The minimum Gasteiger partial charge on any atom is -0.308 e. The molecule has 2 aromatic carbocycles. The van der Waals surface area contributed by atoms with Crippen LogP contribution in [0.3, 0.4) is 0 Å². The molecule has 106 valence electrons. The number of aromatic nitrogens is 1. The highest BCUT2D eigenvalue weighted by Crippen LogP contribution is 2.22. The van der Waals surface area contributed by atoms with Crippen LogP contribution in [0.2, 0.25) is 5.02 Å². The van der Waals surface area contributed by atoms with Gasteiger partial charge in [0.25, 0.3) is 0 Å². The summed E-state index contributed by atoms with van der Waals surface area (Å²) in [5, 5.41) is 5.37. The predicted octanol–water partition coefficient (Wildman–Crippen LogP) is 4.94. The van der Waals surface area contributed by atoms with E-state index in [0.717, 1.165) is 28.1 Å². The van der Waals surface area contributed by atoms with Crippen LogP contribution < -0.4 is 5.32 Å². The van der Waals surface area contributed by atoms with Gasteiger partial charge < -0.3 is 5.32 Å². The van der Waals surface area contributed by atoms with Crippen LogP contribution >= 0.6 is 27.5 Å². The van der Waals surface area contributed by atoms with E-state index in [0.29, 0.717) is 0 Å². The lowest BCUT2D eigenvalue weighted by Crippen LogP contribution is -2.13. The topological polar surface area (TPSA) is 24.9 Å². The van der Waals surface area contributed by atoms with Gasteiger partial charge in [0.2, 0.25) is 0 Å². The highest BCUT2D eigenvalue weighted by atomic mass is 79.9. The van der Waals surface area contributed by atoms with E-state index in [1.165, 1.54) is 16.5 Å². The van der Waals surface area contributed by atoms with Crippen LogP contribution in [0.5, 0.6) is 0 Å². The maximum atomic E-state index is 5.95. The molecule has 0 saturated carbocycles. The normalized spacial score (nSPS) is 11.0. The molecule has 0 aliphatic heterocycles. The molecule has 0 aliphatic rings. The van der Waals surface area contributed by atoms with Crippen molar-refractivity contribution < 1.29 is 0 Å². The summed E-state index contributed by atoms with van der Waals surface area (Å²) in [6, 6.07) is 16.2. The molecule has 21 heavy (non-hydrogen) atoms. The fraction of sp³-hybridized carbons (Fsp3) is 0.118. The van der Waals surface area contributed by atoms with Gasteiger partial charge in [0.05, 0.1) is 5.52 Å². The second-order valence-corrected chi connectivity index (χ2v) is 6.12. The van der Waals surface area contributed by atoms with E-state index in [9.17, 15) is 0 Å². The Morgan fingerprint density at radius 1 is 1.00 bits per heavy atom. The number of benzene rings is 2. The molecule has 3 aromatic rings. The number of nitrogens with zero attached hydrogens (tertiary/aromatic N) is 1. The van der Waals surface area contributed by atoms with Gasteiger partial charge in [-0.05, 0) is 29.3 Å². The van der Waals surface area contributed by atoms with Crippen molar-refractivity contribution >= 4 is 38.4 Å². The molecule has 0 aliphatic carbocycles. The first-order chi connectivity index (χ1) is 10.2. The van der Waals surface area contributed by atoms with Gasteiger partial charge in [-0.15, -0.1) is 0 Å². The van der Waals surface area contributed by atoms with E-state index >= 15 is 0 Å². The molecule has 0 spiro atoms. The Labute approximate surface area is 137 Å². The van der Waals surface area contributed by atoms with Crippen molar-refractivity contribution in [3.8, 4) is 0 Å². The third-order valence-corrected chi connectivity index (χ3v) is 4.34. The molecule has 0 amide bonds. The Morgan fingerprint density at radius 3 is 2.67 bits per heavy atom. The lowest BCUT2D eigenvalue weighted by Gasteiger charge is -2.09. The van der Waals surface area contributed by atoms with Crippen molar-refractivity contribution in [2.24, 2.45) is 0 Å². The number of hydrogen-bond donors (Lipinski definition) is 1. The summed E-state index contributed by atoms with van der Waals surface area (Å²) in [5.74, 6) is 0. The van der Waals surface area contributed by atoms with Gasteiger partial charge in [-0.3, -0.25) is 4.98 Å². The third-order valence-electron chi connectivity index (χ3n) is 3.36. The smallest absolute Gasteiger partial charge is 0.0746 e. The summed E-state index contributed by atoms with van der Waals surface area (Å²) >= 11 is 9.49. The SMILES string of the molecule is Clc1ccc(CNCc2cccc3cccnc23)c(Br)c1. The second-order valence-electron chi connectivity index (χ2n) is 4.83. The van der Waals surface area contributed by atoms with E-state index < -0.39 is 0 Å². The van der Waals surface area contributed by atoms with Crippen molar-refractivity contribution in [2.45, 2.75) is 13.1 Å². The first-order valence-electron chi connectivity index (χ1n) is 6.71. The Morgan fingerprint density at radius 2 is 1.81 bits per heavy atom. The molecule has 2 nitrogen and oxygen atoms in total. The largest absolute Gasteiger partial charge is 0.308 e. The van der Waals surface area contributed by atoms with Crippen molar-refractivity contribution in [1.82, 2.24) is 10.3 Å². The number of hydrogen-bond acceptors (Lipinski definition) is 2. The number of fused-ring (bicyclic) bond motifs is 1. The molecule has 0 fully saturated rings. The highest BCUT2D eigenvalue weighted by Gasteiger charge is 2.03. The van der Waals surface area contributed by atoms with E-state index in [1.807, 2.05) is 30.5 Å². The van der Waals surface area contributed by atoms with Crippen LogP contribution in [0, 0.1) is 0 Å². The quantitative estimate of drug-likeness (QED) is 0.712. The molecule has 4 heteroatoms. The molecule has 1 N–H and O–H groups in total. The fourth-order valence-corrected chi connectivity index (χ4v) is 3.13. The molecule has 1 aromatic heterocycles. The lowest BCUT2D eigenvalue weighted by atomic mass is 10.1. The van der Waals surface area contributed by atoms with Gasteiger partial charge >= 0.3 is 0 Å². The first-order valence-corrected chi connectivity index (χ1v) is 7.88. The van der Waals surface area contributed by atoms with E-state index in [1.54, 1.807) is 0 Å². The maximum Gasteiger partial charge on any atom is 0.0746 e. The van der Waals surface area contributed by atoms with Gasteiger partial charge in [-0.25, -0.2) is 0 Å². The van der Waals surface area contributed by atoms with E-state index in [4.69, 9.17) is 11.6 Å². The number of rotatable bonds is 4. The number of pyridine rings is 1. The van der Waals surface area contributed by atoms with Crippen LogP contribution in [0.4, 0.5) is 0 Å². The number of halogens is 2. The van der Waals surface area contributed by atoms with Crippen LogP contribution in [0.25, 0.3) is 10.9 Å². The standard InChI is InChI=1S/C17H14BrClN2/c18-16-9-15(19)7-6-13(16)10-20-11-14-4-1-3-12-5-2-8-21-17(12)14/h1-9,20H,10-11H2. The molecule has 0 atom stereocenters. The van der Waals surface area contributed by atoms with E-state index in [-0.39, 0.29) is 0 Å². The summed E-state index contributed by atoms with van der Waals surface area (Å²) in [5.41, 5.74) is 3.45. The molecular formula is C17H14BrClN2. The predicted molar refractivity (Wildman–Crippen MR) is 91.4 cm³/mol. The zero-order valence-electron chi connectivity index (χ0n) is 11.3. The summed E-state index contributed by atoms with van der Waals surface area (Å²) in [6.07, 6.45) is 1.83. The first kappa shape index (κ1) is 14.5. The lowest BCUT2D eigenvalue weighted by molar-refractivity contribution is 0.694. The van der Waals surface area contributed by atoms with Crippen LogP contribution in [0.1, 0.15) is 11.1 Å². The zero-order chi connectivity index (χ0) is 14.7. The number of nitrogens with one attached hydrogen (secondary N) is 1. The van der Waals surface area contributed by atoms with Crippen LogP contribution in [-0.2, 0) is 13.1 Å². The van der Waals surface area contributed by atoms with Crippen LogP contribution in [0.15, 0.2) is 59.2 Å². The van der Waals surface area contributed by atoms with Gasteiger partial charge in [0.1, 0.15) is 0 Å². The minimum atomic E-state index is 0.740. The summed E-state index contributed by atoms with van der Waals surface area (Å²) in [4.78, 5) is 4.47. The minimum absolute atomic E-state index is 0.740. The molecule has 1 heterocycles. The highest BCUT2D eigenvalue weighted by molar-refractivity contribution is 9.10. The Kier molecular flexibility index (Phi) is 4.54. The van der Waals surface area contributed by atoms with Crippen LogP contribution in [-0.4, -0.2) is 4.98 Å². The molecule has 0 bridgehead atoms. The van der Waals surface area contributed by atoms with Gasteiger partial charge in [-0.1, -0.05) is 57.9 Å². The summed E-state index contributed by atoms with van der Waals surface area (Å²) < 4.78 is 1.03. The Bertz CT molecular complexity index is 768. The molecule has 0 radical (unpaired) electrons. The monoisotopic (exact) mass is 360 g/mol. The Hall–Kier alpha value is -1.42. The summed E-state index contributed by atoms with van der Waals surface area (Å²) in [6.45, 7) is 1.56. The molecular weight excluding hydrogens is 348 g/mol. The zero-order valence-corrected chi connectivity index (χ0v) is 13.7. The van der Waals surface area contributed by atoms with Crippen molar-refractivity contribution in [2.75, 3.05) is 0 Å². The fourth-order valence-electron chi connectivity index (χ4n) is 2.31. The van der Waals surface area contributed by atoms with Gasteiger partial charge in [-0.2, -0.15) is 0 Å². The maximum absolute atomic E-state index is 5.95. The van der Waals surface area contributed by atoms with Crippen molar-refractivity contribution in [3.05, 3.63) is 75.4 Å². The Balaban J connectivity index is 1.72. The molecule has 0 unspecified atom stereocenters. The summed E-state index contributed by atoms with van der Waals surface area (Å²) in [7, 11) is 0. The molecule has 3 rings (SSSR count). The van der Waals surface area contributed by atoms with Gasteiger partial charge in [0, 0.05) is 34.2 Å².